The van der Waals surface area contributed by atoms with Gasteiger partial charge in [0.1, 0.15) is 0 Å². The number of hydrogen-bond acceptors (Lipinski definition) is 0. The van der Waals surface area contributed by atoms with Gasteiger partial charge in [-0.05, 0) is 18.1 Å². The summed E-state index contributed by atoms with van der Waals surface area (Å²) in [6.07, 6.45) is 0. The lowest BCUT2D eigenvalue weighted by Gasteiger charge is -2.10. The van der Waals surface area contributed by atoms with Gasteiger partial charge >= 0.3 is 0 Å². The molecule has 15 heavy (non-hydrogen) atoms. The lowest BCUT2D eigenvalue weighted by molar-refractivity contribution is 1.16. The molecule has 1 atom stereocenters. The van der Waals surface area contributed by atoms with Crippen molar-refractivity contribution in [2.75, 3.05) is 0 Å². The summed E-state index contributed by atoms with van der Waals surface area (Å²) >= 11 is 5.51. The zero-order valence-electron chi connectivity index (χ0n) is 8.68. The number of rotatable bonds is 2. The van der Waals surface area contributed by atoms with E-state index in [0.717, 1.165) is 0 Å². The third kappa shape index (κ3) is 2.42. The van der Waals surface area contributed by atoms with Crippen molar-refractivity contribution in [1.82, 2.24) is 0 Å². The molecule has 0 saturated carbocycles. The van der Waals surface area contributed by atoms with Crippen LogP contribution in [-0.4, -0.2) is 0 Å². The molecule has 1 unspecified atom stereocenters. The molecule has 0 heterocycles. The van der Waals surface area contributed by atoms with E-state index in [4.69, 9.17) is 12.6 Å². The Hall–Kier alpha value is -1.21. The fourth-order valence-corrected chi connectivity index (χ4v) is 1.88. The average molecular weight is 213 g/mol. The third-order valence-electron chi connectivity index (χ3n) is 2.48. The van der Waals surface area contributed by atoms with Gasteiger partial charge in [0.15, 0.2) is 0 Å². The van der Waals surface area contributed by atoms with E-state index in [1.165, 1.54) is 16.7 Å². The molecule has 0 fully saturated rings. The maximum absolute atomic E-state index is 5.51. The molecule has 0 N–H and O–H groups in total. The largest absolute Gasteiger partial charge is 0.0801 e. The molecule has 0 aliphatic carbocycles. The van der Waals surface area contributed by atoms with Gasteiger partial charge in [-0.25, -0.2) is 0 Å². The maximum atomic E-state index is 5.51. The van der Waals surface area contributed by atoms with Gasteiger partial charge in [-0.1, -0.05) is 72.8 Å². The van der Waals surface area contributed by atoms with E-state index >= 15 is 0 Å². The summed E-state index contributed by atoms with van der Waals surface area (Å²) in [4.78, 5) is 0. The van der Waals surface area contributed by atoms with E-state index in [0.29, 0.717) is 0 Å². The summed E-state index contributed by atoms with van der Waals surface area (Å²) in [6.45, 7) is 2.09. The molecule has 0 aliphatic heterocycles. The third-order valence-corrected chi connectivity index (χ3v) is 3.03. The van der Waals surface area contributed by atoms with Crippen LogP contribution < -0.4 is 0 Å². The summed E-state index contributed by atoms with van der Waals surface area (Å²) in [7, 11) is 0. The van der Waals surface area contributed by atoms with E-state index in [9.17, 15) is 0 Å². The van der Waals surface area contributed by atoms with Crippen LogP contribution in [0, 0.1) is 6.92 Å². The van der Waals surface area contributed by atoms with Crippen molar-refractivity contribution < 1.29 is 0 Å². The first-order chi connectivity index (χ1) is 7.27. The Bertz CT molecular complexity index is 417. The van der Waals surface area contributed by atoms with Gasteiger partial charge in [0.2, 0.25) is 0 Å². The van der Waals surface area contributed by atoms with E-state index in [2.05, 4.69) is 43.3 Å². The summed E-state index contributed by atoms with van der Waals surface area (Å²) in [6, 6.07) is 18.7. The fraction of sp³-hybridized carbons (Fsp3) is 0.143. The fourth-order valence-electron chi connectivity index (χ4n) is 1.56. The van der Waals surface area contributed by atoms with Crippen molar-refractivity contribution in [1.29, 1.82) is 0 Å². The topological polar surface area (TPSA) is 0 Å². The van der Waals surface area contributed by atoms with Gasteiger partial charge in [0.05, 0.1) is 5.25 Å². The van der Waals surface area contributed by atoms with Crippen molar-refractivity contribution in [3.05, 3.63) is 71.3 Å². The van der Waals surface area contributed by atoms with Crippen molar-refractivity contribution in [3.8, 4) is 0 Å². The predicted octanol–water partition coefficient (Wildman–Crippen LogP) is 4.28. The zero-order valence-corrected chi connectivity index (χ0v) is 9.50. The van der Waals surface area contributed by atoms with Crippen molar-refractivity contribution in [2.45, 2.75) is 12.2 Å². The Morgan fingerprint density at radius 1 is 0.800 bits per heavy atom. The molecule has 0 saturated heterocycles. The van der Waals surface area contributed by atoms with Gasteiger partial charge < -0.3 is 0 Å². The summed E-state index contributed by atoms with van der Waals surface area (Å²) in [5, 5.41) is 0.0619. The zero-order chi connectivity index (χ0) is 10.7. The number of aryl methyl sites for hydroxylation is 1. The summed E-state index contributed by atoms with van der Waals surface area (Å²) < 4.78 is 0. The van der Waals surface area contributed by atoms with Crippen LogP contribution in [0.15, 0.2) is 54.6 Å². The minimum absolute atomic E-state index is 0.0619. The van der Waals surface area contributed by atoms with Crippen molar-refractivity contribution >= 4 is 12.6 Å². The molecule has 1 heteroatoms. The van der Waals surface area contributed by atoms with Crippen molar-refractivity contribution in [2.24, 2.45) is 0 Å². The van der Waals surface area contributed by atoms with E-state index in [-0.39, 0.29) is 5.25 Å². The van der Waals surface area contributed by atoms with Crippen LogP contribution in [0.4, 0.5) is 0 Å². The van der Waals surface area contributed by atoms with Crippen LogP contribution in [0.5, 0.6) is 0 Å². The van der Waals surface area contributed by atoms with Crippen LogP contribution in [0.3, 0.4) is 0 Å². The molecule has 2 rings (SSSR count). The maximum Gasteiger partial charge on any atom is 0.0650 e. The van der Waals surface area contributed by atoms with Crippen LogP contribution in [0.25, 0.3) is 0 Å². The van der Waals surface area contributed by atoms with Gasteiger partial charge in [-0.2, -0.15) is 0 Å². The highest BCUT2D eigenvalue weighted by Crippen LogP contribution is 2.27. The molecular weight excluding hydrogens is 200 g/mol. The van der Waals surface area contributed by atoms with E-state index in [1.54, 1.807) is 0 Å². The molecule has 2 aromatic rings. The van der Waals surface area contributed by atoms with Crippen LogP contribution >= 0.6 is 12.6 Å². The minimum Gasteiger partial charge on any atom is -0.0801 e. The van der Waals surface area contributed by atoms with Crippen LogP contribution in [-0.2, 0) is 0 Å². The van der Waals surface area contributed by atoms with E-state index in [1.807, 2.05) is 18.2 Å². The minimum atomic E-state index is 0.0619. The van der Waals surface area contributed by atoms with Gasteiger partial charge in [-0.15, -0.1) is 0 Å². The standard InChI is InChI=1S/C14H13S/c1-11-7-9-13(10-8-11)14(15)12-5-3-2-4-6-12/h2-10,14H,1H3. The Morgan fingerprint density at radius 2 is 1.33 bits per heavy atom. The smallest absolute Gasteiger partial charge is 0.0650 e. The highest BCUT2D eigenvalue weighted by atomic mass is 32.1. The Kier molecular flexibility index (Phi) is 3.12. The van der Waals surface area contributed by atoms with Crippen LogP contribution in [0.2, 0.25) is 0 Å². The monoisotopic (exact) mass is 213 g/mol. The molecule has 1 radical (unpaired) electrons. The number of benzene rings is 2. The first-order valence-corrected chi connectivity index (χ1v) is 5.52. The molecule has 0 aromatic heterocycles. The SMILES string of the molecule is Cc1ccc(C([S])c2ccccc2)cc1. The molecule has 0 nitrogen and oxygen atoms in total. The second-order valence-corrected chi connectivity index (χ2v) is 4.17. The first kappa shape index (κ1) is 10.3. The Morgan fingerprint density at radius 3 is 1.93 bits per heavy atom. The average Bonchev–Trinajstić information content (AvgIpc) is 2.30. The first-order valence-electron chi connectivity index (χ1n) is 5.05. The van der Waals surface area contributed by atoms with Gasteiger partial charge in [-0.3, -0.25) is 0 Å². The number of hydrogen-bond donors (Lipinski definition) is 0. The molecule has 0 amide bonds. The molecule has 75 valence electrons. The molecular formula is C14H13S. The lowest BCUT2D eigenvalue weighted by atomic mass is 10.0. The van der Waals surface area contributed by atoms with Crippen LogP contribution in [0.1, 0.15) is 21.9 Å². The molecule has 0 bridgehead atoms. The Labute approximate surface area is 96.4 Å². The van der Waals surface area contributed by atoms with E-state index < -0.39 is 0 Å². The van der Waals surface area contributed by atoms with Gasteiger partial charge in [0.25, 0.3) is 0 Å². The summed E-state index contributed by atoms with van der Waals surface area (Å²) in [5.74, 6) is 0. The highest BCUT2D eigenvalue weighted by Gasteiger charge is 2.08. The van der Waals surface area contributed by atoms with Gasteiger partial charge in [0, 0.05) is 0 Å². The lowest BCUT2D eigenvalue weighted by Crippen LogP contribution is -1.92. The highest BCUT2D eigenvalue weighted by molar-refractivity contribution is 7.80. The quantitative estimate of drug-likeness (QED) is 0.698. The molecule has 0 aliphatic rings. The predicted molar refractivity (Wildman–Crippen MR) is 67.1 cm³/mol. The normalized spacial score (nSPS) is 12.4. The second-order valence-electron chi connectivity index (χ2n) is 3.70. The second kappa shape index (κ2) is 4.54. The Balaban J connectivity index is 2.29. The molecule has 0 spiro atoms. The van der Waals surface area contributed by atoms with Crippen molar-refractivity contribution in [3.63, 3.8) is 0 Å². The summed E-state index contributed by atoms with van der Waals surface area (Å²) in [5.41, 5.74) is 3.66. The molecule has 2 aromatic carbocycles.